The quantitative estimate of drug-likeness (QED) is 0.463. The fraction of sp³-hybridized carbons (Fsp3) is 0.130. The van der Waals surface area contributed by atoms with E-state index in [4.69, 9.17) is 13.6 Å². The predicted molar refractivity (Wildman–Crippen MR) is 106 cm³/mol. The van der Waals surface area contributed by atoms with Gasteiger partial charge >= 0.3 is 5.97 Å². The topological polar surface area (TPSA) is 69.7 Å². The molecule has 0 saturated carbocycles. The summed E-state index contributed by atoms with van der Waals surface area (Å²) >= 11 is 0. The van der Waals surface area contributed by atoms with Crippen LogP contribution < -0.4 is 10.2 Å². The van der Waals surface area contributed by atoms with Gasteiger partial charge in [0.15, 0.2) is 5.76 Å². The van der Waals surface area contributed by atoms with Crippen LogP contribution in [0.1, 0.15) is 28.4 Å². The van der Waals surface area contributed by atoms with Crippen molar-refractivity contribution in [1.82, 2.24) is 0 Å². The molecule has 140 valence electrons. The molecule has 0 bridgehead atoms. The third-order valence-corrected chi connectivity index (χ3v) is 4.51. The molecule has 0 fully saturated rings. The maximum absolute atomic E-state index is 13.2. The first-order valence-corrected chi connectivity index (χ1v) is 8.99. The van der Waals surface area contributed by atoms with Gasteiger partial charge in [-0.3, -0.25) is 4.79 Å². The van der Waals surface area contributed by atoms with Gasteiger partial charge in [0.2, 0.25) is 16.9 Å². The number of fused-ring (bicyclic) bond motifs is 1. The van der Waals surface area contributed by atoms with Crippen molar-refractivity contribution in [1.29, 1.82) is 0 Å². The Bertz CT molecular complexity index is 1220. The van der Waals surface area contributed by atoms with Crippen molar-refractivity contribution in [3.8, 4) is 17.3 Å². The van der Waals surface area contributed by atoms with Crippen molar-refractivity contribution in [2.75, 3.05) is 0 Å². The van der Waals surface area contributed by atoms with E-state index in [1.165, 1.54) is 6.26 Å². The number of hydrogen-bond acceptors (Lipinski definition) is 5. The minimum Gasteiger partial charge on any atom is -0.461 e. The van der Waals surface area contributed by atoms with E-state index in [-0.39, 0.29) is 11.5 Å². The van der Waals surface area contributed by atoms with Gasteiger partial charge < -0.3 is 13.6 Å². The predicted octanol–water partition coefficient (Wildman–Crippen LogP) is 5.14. The smallest absolute Gasteiger partial charge is 0.343 e. The van der Waals surface area contributed by atoms with Crippen LogP contribution in [-0.4, -0.2) is 5.97 Å². The summed E-state index contributed by atoms with van der Waals surface area (Å²) in [6.45, 7) is 3.88. The van der Waals surface area contributed by atoms with Gasteiger partial charge in [-0.15, -0.1) is 0 Å². The van der Waals surface area contributed by atoms with Crippen molar-refractivity contribution < 1.29 is 18.4 Å². The molecule has 0 saturated heterocycles. The van der Waals surface area contributed by atoms with Crippen LogP contribution in [-0.2, 0) is 6.42 Å². The molecule has 2 aromatic carbocycles. The molecule has 0 atom stereocenters. The molecule has 0 aliphatic carbocycles. The summed E-state index contributed by atoms with van der Waals surface area (Å²) in [5.41, 5.74) is 2.25. The van der Waals surface area contributed by atoms with Gasteiger partial charge in [-0.05, 0) is 55.3 Å². The lowest BCUT2D eigenvalue weighted by Gasteiger charge is -2.10. The van der Waals surface area contributed by atoms with Crippen molar-refractivity contribution in [3.05, 3.63) is 87.8 Å². The maximum Gasteiger partial charge on any atom is 0.343 e. The first-order chi connectivity index (χ1) is 13.6. The zero-order chi connectivity index (χ0) is 19.7. The van der Waals surface area contributed by atoms with Crippen molar-refractivity contribution in [2.24, 2.45) is 0 Å². The number of ether oxygens (including phenoxy) is 1. The fourth-order valence-corrected chi connectivity index (χ4v) is 3.03. The van der Waals surface area contributed by atoms with E-state index in [9.17, 15) is 9.59 Å². The molecule has 2 heterocycles. The Morgan fingerprint density at radius 3 is 2.64 bits per heavy atom. The largest absolute Gasteiger partial charge is 0.461 e. The lowest BCUT2D eigenvalue weighted by atomic mass is 10.1. The van der Waals surface area contributed by atoms with Crippen molar-refractivity contribution in [2.45, 2.75) is 20.3 Å². The van der Waals surface area contributed by atoms with Gasteiger partial charge in [0.25, 0.3) is 0 Å². The second-order valence-electron chi connectivity index (χ2n) is 6.51. The van der Waals surface area contributed by atoms with Crippen LogP contribution >= 0.6 is 0 Å². The summed E-state index contributed by atoms with van der Waals surface area (Å²) in [4.78, 5) is 25.8. The summed E-state index contributed by atoms with van der Waals surface area (Å²) in [6, 6.07) is 15.7. The zero-order valence-electron chi connectivity index (χ0n) is 15.5. The summed E-state index contributed by atoms with van der Waals surface area (Å²) in [5, 5.41) is 0.363. The van der Waals surface area contributed by atoms with Gasteiger partial charge in [0.1, 0.15) is 5.58 Å². The monoisotopic (exact) mass is 374 g/mol. The SMILES string of the molecule is CCc1ccc2oc(-c3ccco3)c(OC(=O)c3cccc(C)c3)c(=O)c2c1. The maximum atomic E-state index is 13.2. The Kier molecular flexibility index (Phi) is 4.57. The second-order valence-corrected chi connectivity index (χ2v) is 6.51. The molecular weight excluding hydrogens is 356 g/mol. The molecule has 0 spiro atoms. The average molecular weight is 374 g/mol. The van der Waals surface area contributed by atoms with Crippen molar-refractivity contribution in [3.63, 3.8) is 0 Å². The van der Waals surface area contributed by atoms with Crippen LogP contribution in [0.3, 0.4) is 0 Å². The third kappa shape index (κ3) is 3.22. The Hall–Kier alpha value is -3.60. The Morgan fingerprint density at radius 2 is 1.93 bits per heavy atom. The van der Waals surface area contributed by atoms with E-state index in [1.807, 2.05) is 26.0 Å². The van der Waals surface area contributed by atoms with Gasteiger partial charge in [-0.25, -0.2) is 4.79 Å². The van der Waals surface area contributed by atoms with E-state index >= 15 is 0 Å². The van der Waals surface area contributed by atoms with Gasteiger partial charge in [-0.2, -0.15) is 0 Å². The lowest BCUT2D eigenvalue weighted by molar-refractivity contribution is 0.0731. The van der Waals surface area contributed by atoms with Gasteiger partial charge in [0.05, 0.1) is 17.2 Å². The number of benzene rings is 2. The molecule has 28 heavy (non-hydrogen) atoms. The Balaban J connectivity index is 1.89. The molecule has 5 heteroatoms. The average Bonchev–Trinajstić information content (AvgIpc) is 3.24. The normalized spacial score (nSPS) is 10.9. The van der Waals surface area contributed by atoms with Crippen LogP contribution in [0.25, 0.3) is 22.5 Å². The summed E-state index contributed by atoms with van der Waals surface area (Å²) < 4.78 is 16.8. The van der Waals surface area contributed by atoms with E-state index < -0.39 is 11.4 Å². The lowest BCUT2D eigenvalue weighted by Crippen LogP contribution is -2.16. The highest BCUT2D eigenvalue weighted by Crippen LogP contribution is 2.32. The standard InChI is InChI=1S/C23H18O5/c1-3-15-9-10-18-17(13-15)20(24)22(21(27-18)19-8-5-11-26-19)28-23(25)16-7-4-6-14(2)12-16/h4-13H,3H2,1-2H3. The summed E-state index contributed by atoms with van der Waals surface area (Å²) in [6.07, 6.45) is 2.24. The molecule has 0 aliphatic rings. The Morgan fingerprint density at radius 1 is 1.07 bits per heavy atom. The van der Waals surface area contributed by atoms with E-state index in [1.54, 1.807) is 42.5 Å². The molecule has 0 aliphatic heterocycles. The molecular formula is C23H18O5. The molecule has 0 radical (unpaired) electrons. The van der Waals surface area contributed by atoms with Crippen molar-refractivity contribution >= 4 is 16.9 Å². The van der Waals surface area contributed by atoms with Gasteiger partial charge in [-0.1, -0.05) is 30.7 Å². The number of carbonyl (C=O) groups excluding carboxylic acids is 1. The van der Waals surface area contributed by atoms with Crippen LogP contribution in [0.4, 0.5) is 0 Å². The number of aryl methyl sites for hydroxylation is 2. The van der Waals surface area contributed by atoms with Crippen LogP contribution in [0.5, 0.6) is 5.75 Å². The number of furan rings is 1. The highest BCUT2D eigenvalue weighted by molar-refractivity contribution is 5.93. The fourth-order valence-electron chi connectivity index (χ4n) is 3.03. The highest BCUT2D eigenvalue weighted by Gasteiger charge is 2.23. The first-order valence-electron chi connectivity index (χ1n) is 8.99. The minimum absolute atomic E-state index is 0.0905. The number of esters is 1. The van der Waals surface area contributed by atoms with E-state index in [2.05, 4.69) is 0 Å². The number of carbonyl (C=O) groups is 1. The molecule has 0 unspecified atom stereocenters. The Labute approximate surface area is 161 Å². The molecule has 4 aromatic rings. The zero-order valence-corrected chi connectivity index (χ0v) is 15.5. The van der Waals surface area contributed by atoms with Crippen LogP contribution in [0.15, 0.2) is 74.5 Å². The second kappa shape index (κ2) is 7.19. The minimum atomic E-state index is -0.630. The summed E-state index contributed by atoms with van der Waals surface area (Å²) in [5.74, 6) is -0.407. The first kappa shape index (κ1) is 17.8. The van der Waals surface area contributed by atoms with Gasteiger partial charge in [0, 0.05) is 0 Å². The molecule has 4 rings (SSSR count). The van der Waals surface area contributed by atoms with Crippen LogP contribution in [0, 0.1) is 6.92 Å². The van der Waals surface area contributed by atoms with E-state index in [0.717, 1.165) is 17.5 Å². The third-order valence-electron chi connectivity index (χ3n) is 4.51. The molecule has 0 N–H and O–H groups in total. The molecule has 5 nitrogen and oxygen atoms in total. The highest BCUT2D eigenvalue weighted by atomic mass is 16.5. The number of rotatable bonds is 4. The van der Waals surface area contributed by atoms with E-state index in [0.29, 0.717) is 22.3 Å². The molecule has 2 aromatic heterocycles. The van der Waals surface area contributed by atoms with Crippen LogP contribution in [0.2, 0.25) is 0 Å². The number of hydrogen-bond donors (Lipinski definition) is 0. The molecule has 0 amide bonds. The summed E-state index contributed by atoms with van der Waals surface area (Å²) in [7, 11) is 0.